The van der Waals surface area contributed by atoms with Gasteiger partial charge in [-0.3, -0.25) is 0 Å². The standard InChI is InChI=1S/C9H18O2/c1-7(2)3-4-9-5-8(10)6-11-9/h7-10H,3-6H2,1-2H3. The number of ether oxygens (including phenoxy) is 1. The topological polar surface area (TPSA) is 29.5 Å². The second-order valence-corrected chi connectivity index (χ2v) is 3.82. The van der Waals surface area contributed by atoms with Crippen LogP contribution in [0.3, 0.4) is 0 Å². The fourth-order valence-electron chi connectivity index (χ4n) is 1.41. The first kappa shape index (κ1) is 9.01. The first-order valence-electron chi connectivity index (χ1n) is 4.48. The molecule has 0 aromatic rings. The molecule has 0 spiro atoms. The third-order valence-corrected chi connectivity index (χ3v) is 2.13. The van der Waals surface area contributed by atoms with Gasteiger partial charge in [-0.15, -0.1) is 0 Å². The Morgan fingerprint density at radius 1 is 1.55 bits per heavy atom. The van der Waals surface area contributed by atoms with Gasteiger partial charge in [-0.1, -0.05) is 13.8 Å². The summed E-state index contributed by atoms with van der Waals surface area (Å²) in [7, 11) is 0. The third-order valence-electron chi connectivity index (χ3n) is 2.13. The normalized spacial score (nSPS) is 31.6. The molecule has 2 unspecified atom stereocenters. The molecule has 1 aliphatic rings. The van der Waals surface area contributed by atoms with E-state index in [4.69, 9.17) is 9.84 Å². The summed E-state index contributed by atoms with van der Waals surface area (Å²) in [5.74, 6) is 0.747. The fourth-order valence-corrected chi connectivity index (χ4v) is 1.41. The summed E-state index contributed by atoms with van der Waals surface area (Å²) in [5.41, 5.74) is 0. The zero-order valence-corrected chi connectivity index (χ0v) is 7.42. The summed E-state index contributed by atoms with van der Waals surface area (Å²) >= 11 is 0. The predicted octanol–water partition coefficient (Wildman–Crippen LogP) is 1.57. The van der Waals surface area contributed by atoms with Crippen molar-refractivity contribution in [3.63, 3.8) is 0 Å². The maximum Gasteiger partial charge on any atom is 0.0798 e. The van der Waals surface area contributed by atoms with E-state index in [0.29, 0.717) is 12.7 Å². The predicted molar refractivity (Wildman–Crippen MR) is 44.4 cm³/mol. The molecule has 1 heterocycles. The molecule has 0 radical (unpaired) electrons. The molecule has 0 amide bonds. The van der Waals surface area contributed by atoms with E-state index in [1.807, 2.05) is 0 Å². The van der Waals surface area contributed by atoms with E-state index >= 15 is 0 Å². The van der Waals surface area contributed by atoms with Gasteiger partial charge in [0.25, 0.3) is 0 Å². The Balaban J connectivity index is 2.08. The lowest BCUT2D eigenvalue weighted by atomic mass is 10.0. The van der Waals surface area contributed by atoms with Crippen molar-refractivity contribution in [3.05, 3.63) is 0 Å². The average molecular weight is 158 g/mol. The van der Waals surface area contributed by atoms with Gasteiger partial charge in [-0.25, -0.2) is 0 Å². The zero-order valence-electron chi connectivity index (χ0n) is 7.42. The van der Waals surface area contributed by atoms with Gasteiger partial charge in [-0.2, -0.15) is 0 Å². The second-order valence-electron chi connectivity index (χ2n) is 3.82. The molecule has 1 aliphatic heterocycles. The van der Waals surface area contributed by atoms with E-state index in [9.17, 15) is 0 Å². The first-order chi connectivity index (χ1) is 5.18. The van der Waals surface area contributed by atoms with E-state index in [2.05, 4.69) is 13.8 Å². The lowest BCUT2D eigenvalue weighted by molar-refractivity contribution is 0.0814. The molecule has 0 aromatic carbocycles. The van der Waals surface area contributed by atoms with Crippen molar-refractivity contribution in [2.24, 2.45) is 5.92 Å². The molecule has 0 bridgehead atoms. The van der Waals surface area contributed by atoms with Gasteiger partial charge in [-0.05, 0) is 18.8 Å². The Hall–Kier alpha value is -0.0800. The van der Waals surface area contributed by atoms with Crippen LogP contribution in [0.15, 0.2) is 0 Å². The lowest BCUT2D eigenvalue weighted by Crippen LogP contribution is -2.07. The highest BCUT2D eigenvalue weighted by molar-refractivity contribution is 4.72. The molecule has 66 valence electrons. The molecular formula is C9H18O2. The molecule has 1 fully saturated rings. The summed E-state index contributed by atoms with van der Waals surface area (Å²) in [4.78, 5) is 0. The molecule has 1 N–H and O–H groups in total. The van der Waals surface area contributed by atoms with Crippen LogP contribution in [0, 0.1) is 5.92 Å². The van der Waals surface area contributed by atoms with Crippen molar-refractivity contribution in [2.45, 2.75) is 45.3 Å². The van der Waals surface area contributed by atoms with Gasteiger partial charge in [0.05, 0.1) is 18.8 Å². The van der Waals surface area contributed by atoms with E-state index in [1.165, 1.54) is 6.42 Å². The summed E-state index contributed by atoms with van der Waals surface area (Å²) in [6.45, 7) is 4.97. The third kappa shape index (κ3) is 3.21. The van der Waals surface area contributed by atoms with Crippen LogP contribution in [0.4, 0.5) is 0 Å². The highest BCUT2D eigenvalue weighted by atomic mass is 16.5. The number of hydrogen-bond donors (Lipinski definition) is 1. The van der Waals surface area contributed by atoms with Gasteiger partial charge >= 0.3 is 0 Å². The highest BCUT2D eigenvalue weighted by Crippen LogP contribution is 2.19. The monoisotopic (exact) mass is 158 g/mol. The van der Waals surface area contributed by atoms with Crippen LogP contribution in [0.1, 0.15) is 33.1 Å². The average Bonchev–Trinajstić information content (AvgIpc) is 2.31. The minimum atomic E-state index is -0.202. The van der Waals surface area contributed by atoms with Gasteiger partial charge < -0.3 is 9.84 Å². The number of aliphatic hydroxyl groups is 1. The summed E-state index contributed by atoms with van der Waals surface area (Å²) < 4.78 is 5.37. The van der Waals surface area contributed by atoms with Crippen molar-refractivity contribution in [1.29, 1.82) is 0 Å². The lowest BCUT2D eigenvalue weighted by Gasteiger charge is -2.09. The van der Waals surface area contributed by atoms with Crippen molar-refractivity contribution in [2.75, 3.05) is 6.61 Å². The van der Waals surface area contributed by atoms with Crippen LogP contribution in [-0.2, 0) is 4.74 Å². The number of hydrogen-bond acceptors (Lipinski definition) is 2. The Morgan fingerprint density at radius 2 is 2.27 bits per heavy atom. The van der Waals surface area contributed by atoms with Crippen LogP contribution in [0.2, 0.25) is 0 Å². The Kier molecular flexibility index (Phi) is 3.34. The SMILES string of the molecule is CC(C)CCC1CC(O)CO1. The van der Waals surface area contributed by atoms with Crippen molar-refractivity contribution < 1.29 is 9.84 Å². The molecule has 1 saturated heterocycles. The van der Waals surface area contributed by atoms with Gasteiger partial charge in [0.1, 0.15) is 0 Å². The molecule has 11 heavy (non-hydrogen) atoms. The van der Waals surface area contributed by atoms with Crippen molar-refractivity contribution >= 4 is 0 Å². The zero-order chi connectivity index (χ0) is 8.27. The molecule has 2 nitrogen and oxygen atoms in total. The van der Waals surface area contributed by atoms with Gasteiger partial charge in [0.2, 0.25) is 0 Å². The van der Waals surface area contributed by atoms with Crippen LogP contribution in [0.25, 0.3) is 0 Å². The van der Waals surface area contributed by atoms with Crippen LogP contribution in [0.5, 0.6) is 0 Å². The van der Waals surface area contributed by atoms with E-state index < -0.39 is 0 Å². The second kappa shape index (κ2) is 4.07. The Labute approximate surface area is 68.6 Å². The maximum atomic E-state index is 9.14. The van der Waals surface area contributed by atoms with Crippen LogP contribution >= 0.6 is 0 Å². The maximum absolute atomic E-state index is 9.14. The fraction of sp³-hybridized carbons (Fsp3) is 1.00. The van der Waals surface area contributed by atoms with Crippen LogP contribution < -0.4 is 0 Å². The minimum Gasteiger partial charge on any atom is -0.391 e. The summed E-state index contributed by atoms with van der Waals surface area (Å²) in [6.07, 6.45) is 3.28. The first-order valence-corrected chi connectivity index (χ1v) is 4.48. The van der Waals surface area contributed by atoms with Crippen molar-refractivity contribution in [3.8, 4) is 0 Å². The van der Waals surface area contributed by atoms with E-state index in [-0.39, 0.29) is 6.10 Å². The quantitative estimate of drug-likeness (QED) is 0.675. The molecule has 2 atom stereocenters. The van der Waals surface area contributed by atoms with Gasteiger partial charge in [0, 0.05) is 6.42 Å². The molecule has 0 aliphatic carbocycles. The van der Waals surface area contributed by atoms with Crippen LogP contribution in [-0.4, -0.2) is 23.9 Å². The Morgan fingerprint density at radius 3 is 2.73 bits per heavy atom. The minimum absolute atomic E-state index is 0.202. The largest absolute Gasteiger partial charge is 0.391 e. The number of rotatable bonds is 3. The van der Waals surface area contributed by atoms with Crippen molar-refractivity contribution in [1.82, 2.24) is 0 Å². The highest BCUT2D eigenvalue weighted by Gasteiger charge is 2.22. The molecule has 0 aromatic heterocycles. The summed E-state index contributed by atoms with van der Waals surface area (Å²) in [5, 5.41) is 9.14. The van der Waals surface area contributed by atoms with E-state index in [0.717, 1.165) is 18.8 Å². The molecule has 2 heteroatoms. The summed E-state index contributed by atoms with van der Waals surface area (Å²) in [6, 6.07) is 0. The molecular weight excluding hydrogens is 140 g/mol. The molecule has 1 rings (SSSR count). The van der Waals surface area contributed by atoms with E-state index in [1.54, 1.807) is 0 Å². The number of aliphatic hydroxyl groups excluding tert-OH is 1. The van der Waals surface area contributed by atoms with Gasteiger partial charge in [0.15, 0.2) is 0 Å². The molecule has 0 saturated carbocycles. The Bertz CT molecular complexity index is 112. The smallest absolute Gasteiger partial charge is 0.0798 e.